The average molecular weight is 240 g/mol. The molecule has 0 aromatic carbocycles. The third-order valence-corrected chi connectivity index (χ3v) is 2.55. The molecule has 0 saturated carbocycles. The second-order valence-corrected chi connectivity index (χ2v) is 4.64. The van der Waals surface area contributed by atoms with Crippen LogP contribution in [-0.4, -0.2) is 28.0 Å². The molecule has 0 aliphatic heterocycles. The van der Waals surface area contributed by atoms with Crippen LogP contribution in [0.3, 0.4) is 0 Å². The van der Waals surface area contributed by atoms with E-state index in [1.165, 1.54) is 5.69 Å². The Labute approximate surface area is 102 Å². The average Bonchev–Trinajstić information content (AvgIpc) is 2.61. The molecule has 0 spiro atoms. The van der Waals surface area contributed by atoms with Crippen molar-refractivity contribution in [3.8, 4) is 0 Å². The monoisotopic (exact) mass is 240 g/mol. The Hall–Kier alpha value is -1.10. The van der Waals surface area contributed by atoms with Crippen molar-refractivity contribution in [2.45, 2.75) is 20.3 Å². The summed E-state index contributed by atoms with van der Waals surface area (Å²) in [7, 11) is 1.95. The van der Waals surface area contributed by atoms with Crippen LogP contribution in [0, 0.1) is 5.92 Å². The number of aromatic nitrogens is 2. The standard InChI is InChI=1S/C11H20N4S/c1-9(2)8-13-11(16)12-6-4-10-5-7-14-15(10)3/h5,7,9H,4,6,8H2,1-3H3,(H2,12,13,16). The summed E-state index contributed by atoms with van der Waals surface area (Å²) in [6.07, 6.45) is 2.74. The van der Waals surface area contributed by atoms with Crippen molar-refractivity contribution >= 4 is 17.3 Å². The molecule has 16 heavy (non-hydrogen) atoms. The van der Waals surface area contributed by atoms with E-state index < -0.39 is 0 Å². The zero-order valence-corrected chi connectivity index (χ0v) is 11.0. The largest absolute Gasteiger partial charge is 0.362 e. The number of nitrogens with one attached hydrogen (secondary N) is 2. The summed E-state index contributed by atoms with van der Waals surface area (Å²) < 4.78 is 1.88. The van der Waals surface area contributed by atoms with Gasteiger partial charge in [-0.1, -0.05) is 13.8 Å². The Morgan fingerprint density at radius 2 is 2.25 bits per heavy atom. The first-order chi connectivity index (χ1) is 7.59. The molecule has 0 aliphatic rings. The smallest absolute Gasteiger partial charge is 0.166 e. The molecule has 1 rings (SSSR count). The summed E-state index contributed by atoms with van der Waals surface area (Å²) in [5.41, 5.74) is 1.21. The molecule has 90 valence electrons. The number of hydrogen-bond acceptors (Lipinski definition) is 2. The van der Waals surface area contributed by atoms with Crippen molar-refractivity contribution < 1.29 is 0 Å². The van der Waals surface area contributed by atoms with E-state index in [1.54, 1.807) is 0 Å². The molecule has 0 unspecified atom stereocenters. The summed E-state index contributed by atoms with van der Waals surface area (Å²) in [6.45, 7) is 6.07. The molecular formula is C11H20N4S. The van der Waals surface area contributed by atoms with Crippen molar-refractivity contribution in [2.75, 3.05) is 13.1 Å². The normalized spacial score (nSPS) is 10.5. The van der Waals surface area contributed by atoms with Gasteiger partial charge in [-0.2, -0.15) is 5.10 Å². The van der Waals surface area contributed by atoms with Gasteiger partial charge in [-0.3, -0.25) is 4.68 Å². The van der Waals surface area contributed by atoms with Crippen molar-refractivity contribution in [2.24, 2.45) is 13.0 Å². The van der Waals surface area contributed by atoms with Crippen LogP contribution >= 0.6 is 12.2 Å². The minimum Gasteiger partial charge on any atom is -0.362 e. The van der Waals surface area contributed by atoms with E-state index in [0.717, 1.165) is 24.6 Å². The van der Waals surface area contributed by atoms with Crippen LogP contribution in [0.2, 0.25) is 0 Å². The molecule has 1 aromatic heterocycles. The van der Waals surface area contributed by atoms with Crippen molar-refractivity contribution in [1.29, 1.82) is 0 Å². The maximum absolute atomic E-state index is 5.16. The van der Waals surface area contributed by atoms with Gasteiger partial charge in [0.05, 0.1) is 0 Å². The number of rotatable bonds is 5. The van der Waals surface area contributed by atoms with E-state index in [0.29, 0.717) is 5.92 Å². The zero-order chi connectivity index (χ0) is 12.0. The lowest BCUT2D eigenvalue weighted by atomic mass is 10.2. The first-order valence-electron chi connectivity index (χ1n) is 5.58. The Morgan fingerprint density at radius 1 is 1.50 bits per heavy atom. The summed E-state index contributed by atoms with van der Waals surface area (Å²) >= 11 is 5.16. The third kappa shape index (κ3) is 4.61. The quantitative estimate of drug-likeness (QED) is 0.756. The Kier molecular flexibility index (Phi) is 5.25. The SMILES string of the molecule is CC(C)CNC(=S)NCCc1ccnn1C. The van der Waals surface area contributed by atoms with Gasteiger partial charge in [-0.05, 0) is 24.2 Å². The highest BCUT2D eigenvalue weighted by molar-refractivity contribution is 7.80. The van der Waals surface area contributed by atoms with Gasteiger partial charge < -0.3 is 10.6 Å². The molecule has 0 atom stereocenters. The van der Waals surface area contributed by atoms with E-state index >= 15 is 0 Å². The molecule has 5 heteroatoms. The predicted octanol–water partition coefficient (Wildman–Crippen LogP) is 1.08. The fraction of sp³-hybridized carbons (Fsp3) is 0.636. The summed E-state index contributed by atoms with van der Waals surface area (Å²) in [4.78, 5) is 0. The maximum Gasteiger partial charge on any atom is 0.166 e. The van der Waals surface area contributed by atoms with Gasteiger partial charge in [0.15, 0.2) is 5.11 Å². The summed E-state index contributed by atoms with van der Waals surface area (Å²) in [5, 5.41) is 11.2. The van der Waals surface area contributed by atoms with Gasteiger partial charge in [-0.15, -0.1) is 0 Å². The molecule has 2 N–H and O–H groups in total. The highest BCUT2D eigenvalue weighted by Crippen LogP contribution is 1.95. The molecule has 0 amide bonds. The van der Waals surface area contributed by atoms with E-state index in [-0.39, 0.29) is 0 Å². The molecule has 0 saturated heterocycles. The number of thiocarbonyl (C=S) groups is 1. The lowest BCUT2D eigenvalue weighted by Crippen LogP contribution is -2.38. The van der Waals surface area contributed by atoms with Crippen LogP contribution in [0.15, 0.2) is 12.3 Å². The number of aryl methyl sites for hydroxylation is 1. The fourth-order valence-corrected chi connectivity index (χ4v) is 1.50. The Morgan fingerprint density at radius 3 is 2.81 bits per heavy atom. The lowest BCUT2D eigenvalue weighted by Gasteiger charge is -2.11. The molecule has 0 aliphatic carbocycles. The zero-order valence-electron chi connectivity index (χ0n) is 10.2. The van der Waals surface area contributed by atoms with Crippen molar-refractivity contribution in [3.05, 3.63) is 18.0 Å². The van der Waals surface area contributed by atoms with Crippen LogP contribution in [0.4, 0.5) is 0 Å². The number of hydrogen-bond donors (Lipinski definition) is 2. The van der Waals surface area contributed by atoms with E-state index in [1.807, 2.05) is 24.0 Å². The second kappa shape index (κ2) is 6.48. The minimum atomic E-state index is 0.608. The first-order valence-corrected chi connectivity index (χ1v) is 5.99. The van der Waals surface area contributed by atoms with Crippen LogP contribution in [0.1, 0.15) is 19.5 Å². The molecule has 1 heterocycles. The molecule has 0 bridgehead atoms. The van der Waals surface area contributed by atoms with Gasteiger partial charge >= 0.3 is 0 Å². The van der Waals surface area contributed by atoms with Crippen molar-refractivity contribution in [3.63, 3.8) is 0 Å². The van der Waals surface area contributed by atoms with Crippen LogP contribution in [0.5, 0.6) is 0 Å². The molecule has 1 aromatic rings. The third-order valence-electron chi connectivity index (χ3n) is 2.26. The first kappa shape index (κ1) is 13.0. The molecule has 4 nitrogen and oxygen atoms in total. The Balaban J connectivity index is 2.16. The molecule has 0 fully saturated rings. The van der Waals surface area contributed by atoms with Crippen LogP contribution in [0.25, 0.3) is 0 Å². The number of nitrogens with zero attached hydrogens (tertiary/aromatic N) is 2. The van der Waals surface area contributed by atoms with Gasteiger partial charge in [0.2, 0.25) is 0 Å². The maximum atomic E-state index is 5.16. The minimum absolute atomic E-state index is 0.608. The van der Waals surface area contributed by atoms with E-state index in [9.17, 15) is 0 Å². The second-order valence-electron chi connectivity index (χ2n) is 4.23. The van der Waals surface area contributed by atoms with Gasteiger partial charge in [0.1, 0.15) is 0 Å². The molecule has 0 radical (unpaired) electrons. The lowest BCUT2D eigenvalue weighted by molar-refractivity contribution is 0.618. The van der Waals surface area contributed by atoms with Crippen LogP contribution in [-0.2, 0) is 13.5 Å². The highest BCUT2D eigenvalue weighted by Gasteiger charge is 2.00. The van der Waals surface area contributed by atoms with E-state index in [4.69, 9.17) is 12.2 Å². The summed E-state index contributed by atoms with van der Waals surface area (Å²) in [6, 6.07) is 2.02. The van der Waals surface area contributed by atoms with Gasteiger partial charge in [0.25, 0.3) is 0 Å². The van der Waals surface area contributed by atoms with E-state index in [2.05, 4.69) is 29.6 Å². The van der Waals surface area contributed by atoms with Gasteiger partial charge in [-0.25, -0.2) is 0 Å². The molecular weight excluding hydrogens is 220 g/mol. The summed E-state index contributed by atoms with van der Waals surface area (Å²) in [5.74, 6) is 0.608. The highest BCUT2D eigenvalue weighted by atomic mass is 32.1. The predicted molar refractivity (Wildman–Crippen MR) is 70.4 cm³/mol. The Bertz CT molecular complexity index is 332. The fourth-order valence-electron chi connectivity index (χ4n) is 1.31. The van der Waals surface area contributed by atoms with Crippen molar-refractivity contribution in [1.82, 2.24) is 20.4 Å². The van der Waals surface area contributed by atoms with Crippen LogP contribution < -0.4 is 10.6 Å². The topological polar surface area (TPSA) is 41.9 Å². The van der Waals surface area contributed by atoms with Gasteiger partial charge in [0, 0.05) is 38.4 Å².